The predicted molar refractivity (Wildman–Crippen MR) is 93.4 cm³/mol. The second-order valence-corrected chi connectivity index (χ2v) is 5.72. The van der Waals surface area contributed by atoms with E-state index < -0.39 is 0 Å². The van der Waals surface area contributed by atoms with Gasteiger partial charge in [0.2, 0.25) is 0 Å². The lowest BCUT2D eigenvalue weighted by Crippen LogP contribution is -2.38. The molecule has 1 heterocycles. The van der Waals surface area contributed by atoms with Gasteiger partial charge in [0.1, 0.15) is 12.4 Å². The Bertz CT molecular complexity index is 768. The molecule has 2 rings (SSSR count). The van der Waals surface area contributed by atoms with Crippen LogP contribution in [0.5, 0.6) is 5.75 Å². The Balaban J connectivity index is 1.73. The van der Waals surface area contributed by atoms with Crippen LogP contribution in [0.15, 0.2) is 35.1 Å². The average molecular weight is 329 g/mol. The number of urea groups is 1. The highest BCUT2D eigenvalue weighted by Gasteiger charge is 2.07. The van der Waals surface area contributed by atoms with Crippen molar-refractivity contribution in [1.82, 2.24) is 15.6 Å². The molecule has 1 aromatic heterocycles. The quantitative estimate of drug-likeness (QED) is 0.710. The number of benzene rings is 1. The van der Waals surface area contributed by atoms with Crippen LogP contribution < -0.4 is 20.9 Å². The zero-order chi connectivity index (χ0) is 17.5. The molecule has 0 bridgehead atoms. The van der Waals surface area contributed by atoms with Gasteiger partial charge in [0.15, 0.2) is 0 Å². The Kier molecular flexibility index (Phi) is 6.01. The first-order valence-corrected chi connectivity index (χ1v) is 7.86. The zero-order valence-corrected chi connectivity index (χ0v) is 14.2. The molecule has 128 valence electrons. The van der Waals surface area contributed by atoms with Crippen LogP contribution in [0.4, 0.5) is 4.79 Å². The number of pyridine rings is 1. The molecule has 0 saturated carbocycles. The van der Waals surface area contributed by atoms with Gasteiger partial charge in [-0.05, 0) is 50.1 Å². The third-order valence-electron chi connectivity index (χ3n) is 3.57. The molecule has 24 heavy (non-hydrogen) atoms. The summed E-state index contributed by atoms with van der Waals surface area (Å²) in [4.78, 5) is 26.4. The van der Waals surface area contributed by atoms with E-state index in [4.69, 9.17) is 4.74 Å². The number of aromatic amines is 1. The molecule has 1 aromatic carbocycles. The first-order valence-electron chi connectivity index (χ1n) is 7.86. The first kappa shape index (κ1) is 17.6. The molecule has 2 amide bonds. The Labute approximate surface area is 141 Å². The minimum absolute atomic E-state index is 0.171. The number of amides is 2. The minimum Gasteiger partial charge on any atom is -0.492 e. The van der Waals surface area contributed by atoms with Crippen molar-refractivity contribution in [1.29, 1.82) is 0 Å². The lowest BCUT2D eigenvalue weighted by molar-refractivity contribution is 0.236. The SMILES string of the molecule is Cc1cccc(OCCNC(=O)NCc2c(C)cc(C)[nH]c2=O)c1. The number of ether oxygens (including phenoxy) is 1. The minimum atomic E-state index is -0.331. The van der Waals surface area contributed by atoms with E-state index in [0.29, 0.717) is 18.7 Å². The van der Waals surface area contributed by atoms with Gasteiger partial charge in [-0.1, -0.05) is 12.1 Å². The van der Waals surface area contributed by atoms with Crippen molar-refractivity contribution in [3.63, 3.8) is 0 Å². The Morgan fingerprint density at radius 1 is 1.17 bits per heavy atom. The fraction of sp³-hybridized carbons (Fsp3) is 0.333. The summed E-state index contributed by atoms with van der Waals surface area (Å²) >= 11 is 0. The van der Waals surface area contributed by atoms with Crippen molar-refractivity contribution in [2.75, 3.05) is 13.2 Å². The van der Waals surface area contributed by atoms with Gasteiger partial charge in [-0.25, -0.2) is 4.79 Å². The molecule has 0 atom stereocenters. The van der Waals surface area contributed by atoms with Crippen molar-refractivity contribution >= 4 is 6.03 Å². The molecule has 0 aliphatic rings. The summed E-state index contributed by atoms with van der Waals surface area (Å²) in [6.45, 7) is 6.61. The summed E-state index contributed by atoms with van der Waals surface area (Å²) in [5, 5.41) is 5.38. The van der Waals surface area contributed by atoms with E-state index in [1.807, 2.05) is 51.1 Å². The maximum absolute atomic E-state index is 11.9. The fourth-order valence-electron chi connectivity index (χ4n) is 2.37. The standard InChI is InChI=1S/C18H23N3O3/c1-12-5-4-6-15(9-12)24-8-7-19-18(23)20-11-16-13(2)10-14(3)21-17(16)22/h4-6,9-10H,7-8,11H2,1-3H3,(H,21,22)(H2,19,20,23). The highest BCUT2D eigenvalue weighted by atomic mass is 16.5. The summed E-state index contributed by atoms with van der Waals surface area (Å²) in [6, 6.07) is 9.28. The van der Waals surface area contributed by atoms with E-state index in [-0.39, 0.29) is 18.1 Å². The van der Waals surface area contributed by atoms with Gasteiger partial charge in [-0.2, -0.15) is 0 Å². The normalized spacial score (nSPS) is 10.3. The summed E-state index contributed by atoms with van der Waals surface area (Å²) in [5.74, 6) is 0.777. The van der Waals surface area contributed by atoms with E-state index in [2.05, 4.69) is 15.6 Å². The molecule has 6 nitrogen and oxygen atoms in total. The lowest BCUT2D eigenvalue weighted by atomic mass is 10.1. The third-order valence-corrected chi connectivity index (χ3v) is 3.57. The predicted octanol–water partition coefficient (Wildman–Crippen LogP) is 2.18. The van der Waals surface area contributed by atoms with Crippen molar-refractivity contribution in [3.8, 4) is 5.75 Å². The van der Waals surface area contributed by atoms with Gasteiger partial charge < -0.3 is 20.4 Å². The fourth-order valence-corrected chi connectivity index (χ4v) is 2.37. The summed E-state index contributed by atoms with van der Waals surface area (Å²) in [7, 11) is 0. The van der Waals surface area contributed by atoms with E-state index in [1.54, 1.807) is 0 Å². The van der Waals surface area contributed by atoms with Crippen LogP contribution in [0.2, 0.25) is 0 Å². The van der Waals surface area contributed by atoms with Gasteiger partial charge in [0, 0.05) is 11.3 Å². The van der Waals surface area contributed by atoms with Gasteiger partial charge in [0.05, 0.1) is 13.1 Å². The molecule has 0 unspecified atom stereocenters. The molecular weight excluding hydrogens is 306 g/mol. The monoisotopic (exact) mass is 329 g/mol. The highest BCUT2D eigenvalue weighted by Crippen LogP contribution is 2.11. The summed E-state index contributed by atoms with van der Waals surface area (Å²) in [6.07, 6.45) is 0. The number of aromatic nitrogens is 1. The van der Waals surface area contributed by atoms with Gasteiger partial charge in [-0.3, -0.25) is 4.79 Å². The molecule has 2 aromatic rings. The number of carbonyl (C=O) groups is 1. The van der Waals surface area contributed by atoms with Crippen molar-refractivity contribution in [2.24, 2.45) is 0 Å². The average Bonchev–Trinajstić information content (AvgIpc) is 2.50. The topological polar surface area (TPSA) is 83.2 Å². The molecular formula is C18H23N3O3. The zero-order valence-electron chi connectivity index (χ0n) is 14.2. The second-order valence-electron chi connectivity index (χ2n) is 5.72. The maximum Gasteiger partial charge on any atom is 0.315 e. The molecule has 0 spiro atoms. The van der Waals surface area contributed by atoms with Gasteiger partial charge >= 0.3 is 6.03 Å². The molecule has 0 aliphatic heterocycles. The number of nitrogens with one attached hydrogen (secondary N) is 3. The number of carbonyl (C=O) groups excluding carboxylic acids is 1. The van der Waals surface area contributed by atoms with Crippen LogP contribution in [-0.2, 0) is 6.54 Å². The van der Waals surface area contributed by atoms with E-state index in [1.165, 1.54) is 0 Å². The molecule has 6 heteroatoms. The van der Waals surface area contributed by atoms with Crippen LogP contribution in [0.3, 0.4) is 0 Å². The molecule has 0 aliphatic carbocycles. The number of hydrogen-bond acceptors (Lipinski definition) is 3. The Morgan fingerprint density at radius 3 is 2.67 bits per heavy atom. The summed E-state index contributed by atoms with van der Waals surface area (Å²) in [5.41, 5.74) is 3.18. The Morgan fingerprint density at radius 2 is 1.96 bits per heavy atom. The number of rotatable bonds is 6. The van der Waals surface area contributed by atoms with Crippen molar-refractivity contribution < 1.29 is 9.53 Å². The van der Waals surface area contributed by atoms with Crippen LogP contribution in [0.1, 0.15) is 22.4 Å². The number of hydrogen-bond donors (Lipinski definition) is 3. The Hall–Kier alpha value is -2.76. The van der Waals surface area contributed by atoms with Crippen molar-refractivity contribution in [3.05, 3.63) is 63.1 Å². The molecule has 0 fully saturated rings. The van der Waals surface area contributed by atoms with Crippen LogP contribution in [0, 0.1) is 20.8 Å². The smallest absolute Gasteiger partial charge is 0.315 e. The lowest BCUT2D eigenvalue weighted by Gasteiger charge is -2.10. The van der Waals surface area contributed by atoms with Crippen LogP contribution in [0.25, 0.3) is 0 Å². The number of aryl methyl sites for hydroxylation is 3. The molecule has 0 radical (unpaired) electrons. The summed E-state index contributed by atoms with van der Waals surface area (Å²) < 4.78 is 5.55. The third kappa shape index (κ3) is 5.15. The maximum atomic E-state index is 11.9. The highest BCUT2D eigenvalue weighted by molar-refractivity contribution is 5.73. The van der Waals surface area contributed by atoms with Crippen molar-refractivity contribution in [2.45, 2.75) is 27.3 Å². The number of H-pyrrole nitrogens is 1. The van der Waals surface area contributed by atoms with Crippen LogP contribution >= 0.6 is 0 Å². The van der Waals surface area contributed by atoms with Crippen LogP contribution in [-0.4, -0.2) is 24.2 Å². The molecule has 0 saturated heterocycles. The van der Waals surface area contributed by atoms with Gasteiger partial charge in [-0.15, -0.1) is 0 Å². The van der Waals surface area contributed by atoms with E-state index in [9.17, 15) is 9.59 Å². The van der Waals surface area contributed by atoms with E-state index in [0.717, 1.165) is 22.6 Å². The van der Waals surface area contributed by atoms with Gasteiger partial charge in [0.25, 0.3) is 5.56 Å². The first-order chi connectivity index (χ1) is 11.5. The largest absolute Gasteiger partial charge is 0.492 e. The molecule has 3 N–H and O–H groups in total. The second kappa shape index (κ2) is 8.19. The van der Waals surface area contributed by atoms with E-state index >= 15 is 0 Å².